The normalized spacial score (nSPS) is 23.7. The minimum absolute atomic E-state index is 0.0597. The second-order valence-electron chi connectivity index (χ2n) is 8.30. The van der Waals surface area contributed by atoms with Crippen LogP contribution in [-0.4, -0.2) is 42.5 Å². The Morgan fingerprint density at radius 2 is 2.00 bits per heavy atom. The first kappa shape index (κ1) is 20.9. The topological polar surface area (TPSA) is 70.4 Å². The van der Waals surface area contributed by atoms with Crippen molar-refractivity contribution in [3.05, 3.63) is 41.5 Å². The summed E-state index contributed by atoms with van der Waals surface area (Å²) >= 11 is 0. The Balaban J connectivity index is 1.83. The standard InChI is InChI=1S/C21H21F3N2O3/c1-19(2)11-20(9-14(10-25)17(19)27)7-8-26(12-20)18(28)15-5-3-4-6-16(15)29-13-21(22,23)24/h3-6,9H,7-8,11-13H2,1-2H3/t20-/m1/s1. The van der Waals surface area contributed by atoms with Gasteiger partial charge in [0.05, 0.1) is 11.1 Å². The molecule has 8 heteroatoms. The Morgan fingerprint density at radius 1 is 1.31 bits per heavy atom. The number of halogens is 3. The fraction of sp³-hybridized carbons (Fsp3) is 0.476. The quantitative estimate of drug-likeness (QED) is 0.763. The summed E-state index contributed by atoms with van der Waals surface area (Å²) in [7, 11) is 0. The molecule has 1 atom stereocenters. The first-order valence-electron chi connectivity index (χ1n) is 9.22. The molecule has 3 rings (SSSR count). The Bertz CT molecular complexity index is 914. The lowest BCUT2D eigenvalue weighted by Gasteiger charge is -2.38. The van der Waals surface area contributed by atoms with Gasteiger partial charge in [-0.05, 0) is 25.0 Å². The molecule has 0 saturated carbocycles. The van der Waals surface area contributed by atoms with Crippen molar-refractivity contribution in [1.82, 2.24) is 4.90 Å². The van der Waals surface area contributed by atoms with Crippen molar-refractivity contribution >= 4 is 11.7 Å². The molecule has 1 heterocycles. The molecule has 1 aliphatic heterocycles. The van der Waals surface area contributed by atoms with E-state index in [2.05, 4.69) is 0 Å². The van der Waals surface area contributed by atoms with Crippen molar-refractivity contribution in [2.24, 2.45) is 10.8 Å². The molecule has 1 saturated heterocycles. The molecule has 0 bridgehead atoms. The first-order chi connectivity index (χ1) is 13.5. The second kappa shape index (κ2) is 7.21. The maximum absolute atomic E-state index is 13.0. The third-order valence-corrected chi connectivity index (χ3v) is 5.41. The SMILES string of the molecule is CC1(C)C[C@]2(C=C(C#N)C1=O)CCN(C(=O)c1ccccc1OCC(F)(F)F)C2. The Hall–Kier alpha value is -2.82. The van der Waals surface area contributed by atoms with Crippen LogP contribution in [0, 0.1) is 22.2 Å². The molecule has 2 aliphatic rings. The molecule has 154 valence electrons. The average molecular weight is 406 g/mol. The van der Waals surface area contributed by atoms with Crippen LogP contribution >= 0.6 is 0 Å². The highest BCUT2D eigenvalue weighted by atomic mass is 19.4. The molecule has 1 aromatic carbocycles. The number of nitrogens with zero attached hydrogens (tertiary/aromatic N) is 2. The van der Waals surface area contributed by atoms with Crippen LogP contribution in [0.2, 0.25) is 0 Å². The largest absolute Gasteiger partial charge is 0.483 e. The zero-order valence-electron chi connectivity index (χ0n) is 16.2. The summed E-state index contributed by atoms with van der Waals surface area (Å²) in [6.07, 6.45) is -1.77. The van der Waals surface area contributed by atoms with Crippen LogP contribution < -0.4 is 4.74 Å². The zero-order valence-corrected chi connectivity index (χ0v) is 16.2. The highest BCUT2D eigenvalue weighted by molar-refractivity contribution is 6.04. The van der Waals surface area contributed by atoms with E-state index in [-0.39, 0.29) is 22.7 Å². The number of amides is 1. The van der Waals surface area contributed by atoms with E-state index < -0.39 is 29.5 Å². The zero-order chi connectivity index (χ0) is 21.4. The number of Topliss-reactive ketones (excluding diaryl/α,β-unsaturated/α-hetero) is 1. The van der Waals surface area contributed by atoms with E-state index >= 15 is 0 Å². The van der Waals surface area contributed by atoms with Gasteiger partial charge in [0.25, 0.3) is 5.91 Å². The van der Waals surface area contributed by atoms with Gasteiger partial charge in [0.1, 0.15) is 11.8 Å². The van der Waals surface area contributed by atoms with Gasteiger partial charge in [0, 0.05) is 23.9 Å². The van der Waals surface area contributed by atoms with Crippen LogP contribution in [0.3, 0.4) is 0 Å². The van der Waals surface area contributed by atoms with Gasteiger partial charge >= 0.3 is 6.18 Å². The van der Waals surface area contributed by atoms with Gasteiger partial charge in [-0.2, -0.15) is 18.4 Å². The smallest absolute Gasteiger partial charge is 0.422 e. The summed E-state index contributed by atoms with van der Waals surface area (Å²) in [5.41, 5.74) is -1.05. The van der Waals surface area contributed by atoms with E-state index in [0.717, 1.165) is 0 Å². The number of alkyl halides is 3. The number of benzene rings is 1. The van der Waals surface area contributed by atoms with E-state index in [4.69, 9.17) is 4.74 Å². The van der Waals surface area contributed by atoms with Crippen LogP contribution in [0.15, 0.2) is 35.9 Å². The maximum atomic E-state index is 13.0. The molecule has 1 spiro atoms. The van der Waals surface area contributed by atoms with E-state index in [0.29, 0.717) is 25.9 Å². The lowest BCUT2D eigenvalue weighted by molar-refractivity contribution is -0.153. The van der Waals surface area contributed by atoms with Gasteiger partial charge in [-0.25, -0.2) is 0 Å². The Labute approximate surface area is 166 Å². The number of ketones is 1. The Kier molecular flexibility index (Phi) is 5.20. The van der Waals surface area contributed by atoms with Gasteiger partial charge in [0.2, 0.25) is 0 Å². The molecule has 0 aromatic heterocycles. The number of likely N-dealkylation sites (tertiary alicyclic amines) is 1. The molecule has 1 aromatic rings. The number of para-hydroxylation sites is 1. The summed E-state index contributed by atoms with van der Waals surface area (Å²) in [6, 6.07) is 7.80. The number of carbonyl (C=O) groups is 2. The number of hydrogen-bond donors (Lipinski definition) is 0. The second-order valence-corrected chi connectivity index (χ2v) is 8.30. The number of allylic oxidation sites excluding steroid dienone is 1. The number of rotatable bonds is 3. The molecule has 0 unspecified atom stereocenters. The summed E-state index contributed by atoms with van der Waals surface area (Å²) in [5.74, 6) is -0.759. The molecular formula is C21H21F3N2O3. The highest BCUT2D eigenvalue weighted by Gasteiger charge is 2.49. The fourth-order valence-electron chi connectivity index (χ4n) is 4.26. The van der Waals surface area contributed by atoms with Crippen LogP contribution in [0.25, 0.3) is 0 Å². The molecular weight excluding hydrogens is 385 g/mol. The fourth-order valence-corrected chi connectivity index (χ4v) is 4.26. The molecule has 1 aliphatic carbocycles. The first-order valence-corrected chi connectivity index (χ1v) is 9.22. The minimum atomic E-state index is -4.51. The minimum Gasteiger partial charge on any atom is -0.483 e. The van der Waals surface area contributed by atoms with Gasteiger partial charge in [-0.3, -0.25) is 9.59 Å². The van der Waals surface area contributed by atoms with E-state index in [1.807, 2.05) is 6.07 Å². The summed E-state index contributed by atoms with van der Waals surface area (Å²) in [4.78, 5) is 26.9. The summed E-state index contributed by atoms with van der Waals surface area (Å²) < 4.78 is 42.4. The predicted molar refractivity (Wildman–Crippen MR) is 98.0 cm³/mol. The molecule has 1 amide bonds. The van der Waals surface area contributed by atoms with Crippen LogP contribution in [0.5, 0.6) is 5.75 Å². The number of nitriles is 1. The monoisotopic (exact) mass is 406 g/mol. The number of ether oxygens (including phenoxy) is 1. The molecule has 0 radical (unpaired) electrons. The lowest BCUT2D eigenvalue weighted by atomic mass is 9.64. The summed E-state index contributed by atoms with van der Waals surface area (Å²) in [5, 5.41) is 9.32. The van der Waals surface area contributed by atoms with Gasteiger partial charge < -0.3 is 9.64 Å². The van der Waals surface area contributed by atoms with Gasteiger partial charge in [0.15, 0.2) is 12.4 Å². The van der Waals surface area contributed by atoms with Crippen molar-refractivity contribution in [2.45, 2.75) is 32.9 Å². The van der Waals surface area contributed by atoms with Crippen molar-refractivity contribution in [1.29, 1.82) is 5.26 Å². The van der Waals surface area contributed by atoms with Gasteiger partial charge in [-0.15, -0.1) is 0 Å². The van der Waals surface area contributed by atoms with E-state index in [9.17, 15) is 28.0 Å². The molecule has 5 nitrogen and oxygen atoms in total. The van der Waals surface area contributed by atoms with Crippen LogP contribution in [0.4, 0.5) is 13.2 Å². The average Bonchev–Trinajstić information content (AvgIpc) is 3.05. The van der Waals surface area contributed by atoms with E-state index in [1.54, 1.807) is 30.9 Å². The van der Waals surface area contributed by atoms with Crippen molar-refractivity contribution < 1.29 is 27.5 Å². The third kappa shape index (κ3) is 4.29. The molecule has 1 fully saturated rings. The molecule has 0 N–H and O–H groups in total. The lowest BCUT2D eigenvalue weighted by Crippen LogP contribution is -2.40. The van der Waals surface area contributed by atoms with Crippen molar-refractivity contribution in [3.8, 4) is 11.8 Å². The van der Waals surface area contributed by atoms with Crippen LogP contribution in [0.1, 0.15) is 37.0 Å². The highest BCUT2D eigenvalue weighted by Crippen LogP contribution is 2.48. The van der Waals surface area contributed by atoms with E-state index in [1.165, 1.54) is 18.2 Å². The molecule has 29 heavy (non-hydrogen) atoms. The van der Waals surface area contributed by atoms with Crippen molar-refractivity contribution in [2.75, 3.05) is 19.7 Å². The maximum Gasteiger partial charge on any atom is 0.422 e. The number of carbonyl (C=O) groups excluding carboxylic acids is 2. The van der Waals surface area contributed by atoms with Crippen LogP contribution in [-0.2, 0) is 4.79 Å². The summed E-state index contributed by atoms with van der Waals surface area (Å²) in [6.45, 7) is 2.76. The Morgan fingerprint density at radius 3 is 2.66 bits per heavy atom. The number of hydrogen-bond acceptors (Lipinski definition) is 4. The van der Waals surface area contributed by atoms with Gasteiger partial charge in [-0.1, -0.05) is 32.1 Å². The predicted octanol–water partition coefficient (Wildman–Crippen LogP) is 3.91. The van der Waals surface area contributed by atoms with Crippen molar-refractivity contribution in [3.63, 3.8) is 0 Å². The third-order valence-electron chi connectivity index (χ3n) is 5.41.